The van der Waals surface area contributed by atoms with Gasteiger partial charge in [0.1, 0.15) is 0 Å². The monoisotopic (exact) mass is 359 g/mol. The minimum absolute atomic E-state index is 0.142. The molecule has 0 aliphatic rings. The van der Waals surface area contributed by atoms with Crippen LogP contribution in [0, 0.1) is 0 Å². The number of aromatic nitrogens is 3. The molecule has 1 N–H and O–H groups in total. The zero-order chi connectivity index (χ0) is 18.3. The van der Waals surface area contributed by atoms with E-state index in [9.17, 15) is 0 Å². The zero-order valence-electron chi connectivity index (χ0n) is 15.5. The zero-order valence-corrected chi connectivity index (χ0v) is 16.4. The Morgan fingerprint density at radius 2 is 1.84 bits per heavy atom. The Hall–Kier alpha value is -1.59. The fourth-order valence-electron chi connectivity index (χ4n) is 2.58. The molecule has 0 atom stereocenters. The summed E-state index contributed by atoms with van der Waals surface area (Å²) in [5.41, 5.74) is 2.53. The number of nitrogens with zero attached hydrogens (tertiary/aromatic N) is 3. The molecule has 1 aromatic carbocycles. The molecule has 1 heterocycles. The Kier molecular flexibility index (Phi) is 7.26. The SMILES string of the molecule is C=CCn1c(SCCCCCO)nnc1-c1ccc(C(C)(C)C)cc1. The summed E-state index contributed by atoms with van der Waals surface area (Å²) in [4.78, 5) is 0. The smallest absolute Gasteiger partial charge is 0.191 e. The van der Waals surface area contributed by atoms with Crippen LogP contribution < -0.4 is 0 Å². The molecule has 5 heteroatoms. The lowest BCUT2D eigenvalue weighted by atomic mass is 9.87. The third-order valence-electron chi connectivity index (χ3n) is 4.07. The van der Waals surface area contributed by atoms with E-state index in [1.54, 1.807) is 11.8 Å². The molecule has 0 saturated carbocycles. The number of aliphatic hydroxyl groups is 1. The van der Waals surface area contributed by atoms with Crippen LogP contribution in [0.15, 0.2) is 42.1 Å². The molecule has 2 aromatic rings. The molecule has 25 heavy (non-hydrogen) atoms. The normalized spacial score (nSPS) is 11.7. The quantitative estimate of drug-likeness (QED) is 0.401. The van der Waals surface area contributed by atoms with Crippen LogP contribution in [0.25, 0.3) is 11.4 Å². The summed E-state index contributed by atoms with van der Waals surface area (Å²) >= 11 is 1.72. The molecule has 136 valence electrons. The highest BCUT2D eigenvalue weighted by Crippen LogP contribution is 2.28. The average molecular weight is 360 g/mol. The average Bonchev–Trinajstić information content (AvgIpc) is 2.97. The molecule has 2 rings (SSSR count). The predicted octanol–water partition coefficient (Wildman–Crippen LogP) is 4.68. The molecule has 0 bridgehead atoms. The van der Waals surface area contributed by atoms with Gasteiger partial charge in [-0.2, -0.15) is 0 Å². The maximum absolute atomic E-state index is 8.85. The second-order valence-corrected chi connectivity index (χ2v) is 8.23. The molecule has 0 fully saturated rings. The van der Waals surface area contributed by atoms with Crippen molar-refractivity contribution in [2.24, 2.45) is 0 Å². The minimum Gasteiger partial charge on any atom is -0.396 e. The van der Waals surface area contributed by atoms with E-state index in [0.29, 0.717) is 6.54 Å². The number of allylic oxidation sites excluding steroid dienone is 1. The Bertz CT molecular complexity index is 671. The van der Waals surface area contributed by atoms with Crippen molar-refractivity contribution in [3.05, 3.63) is 42.5 Å². The Balaban J connectivity index is 2.16. The van der Waals surface area contributed by atoms with Crippen molar-refractivity contribution in [3.63, 3.8) is 0 Å². The van der Waals surface area contributed by atoms with E-state index in [2.05, 4.69) is 66.4 Å². The van der Waals surface area contributed by atoms with E-state index in [1.807, 2.05) is 6.08 Å². The topological polar surface area (TPSA) is 50.9 Å². The van der Waals surface area contributed by atoms with Crippen LogP contribution in [-0.2, 0) is 12.0 Å². The number of hydrogen-bond acceptors (Lipinski definition) is 4. The number of benzene rings is 1. The molecular weight excluding hydrogens is 330 g/mol. The van der Waals surface area contributed by atoms with Crippen molar-refractivity contribution < 1.29 is 5.11 Å². The summed E-state index contributed by atoms with van der Waals surface area (Å²) in [7, 11) is 0. The van der Waals surface area contributed by atoms with E-state index >= 15 is 0 Å². The van der Waals surface area contributed by atoms with Gasteiger partial charge in [0.15, 0.2) is 11.0 Å². The lowest BCUT2D eigenvalue weighted by Crippen LogP contribution is -2.10. The predicted molar refractivity (Wildman–Crippen MR) is 106 cm³/mol. The number of unbranched alkanes of at least 4 members (excludes halogenated alkanes) is 2. The number of rotatable bonds is 9. The first-order chi connectivity index (χ1) is 12.0. The van der Waals surface area contributed by atoms with Gasteiger partial charge in [-0.3, -0.25) is 4.57 Å². The first kappa shape index (κ1) is 19.7. The Labute approximate surface area is 155 Å². The van der Waals surface area contributed by atoms with Crippen LogP contribution in [-0.4, -0.2) is 32.2 Å². The highest BCUT2D eigenvalue weighted by Gasteiger charge is 2.16. The van der Waals surface area contributed by atoms with Gasteiger partial charge in [-0.05, 0) is 23.8 Å². The van der Waals surface area contributed by atoms with Gasteiger partial charge in [0, 0.05) is 24.5 Å². The second kappa shape index (κ2) is 9.20. The number of hydrogen-bond donors (Lipinski definition) is 1. The number of thioether (sulfide) groups is 1. The van der Waals surface area contributed by atoms with Crippen molar-refractivity contribution in [3.8, 4) is 11.4 Å². The van der Waals surface area contributed by atoms with Crippen molar-refractivity contribution in [2.45, 2.75) is 57.1 Å². The van der Waals surface area contributed by atoms with Crippen molar-refractivity contribution in [1.29, 1.82) is 0 Å². The Morgan fingerprint density at radius 1 is 1.12 bits per heavy atom. The van der Waals surface area contributed by atoms with Gasteiger partial charge in [0.05, 0.1) is 0 Å². The molecule has 4 nitrogen and oxygen atoms in total. The maximum atomic E-state index is 8.85. The van der Waals surface area contributed by atoms with Crippen molar-refractivity contribution in [2.75, 3.05) is 12.4 Å². The van der Waals surface area contributed by atoms with E-state index in [4.69, 9.17) is 5.11 Å². The molecule has 0 amide bonds. The summed E-state index contributed by atoms with van der Waals surface area (Å²) in [5, 5.41) is 18.6. The molecule has 0 saturated heterocycles. The fraction of sp³-hybridized carbons (Fsp3) is 0.500. The molecule has 0 radical (unpaired) electrons. The van der Waals surface area contributed by atoms with E-state index in [-0.39, 0.29) is 12.0 Å². The van der Waals surface area contributed by atoms with Crippen LogP contribution in [0.4, 0.5) is 0 Å². The molecule has 0 aliphatic heterocycles. The van der Waals surface area contributed by atoms with Crippen LogP contribution in [0.3, 0.4) is 0 Å². The maximum Gasteiger partial charge on any atom is 0.191 e. The summed E-state index contributed by atoms with van der Waals surface area (Å²) in [6, 6.07) is 8.59. The van der Waals surface area contributed by atoms with Gasteiger partial charge in [0.2, 0.25) is 0 Å². The first-order valence-electron chi connectivity index (χ1n) is 8.86. The fourth-order valence-corrected chi connectivity index (χ4v) is 3.52. The van der Waals surface area contributed by atoms with Crippen LogP contribution >= 0.6 is 11.8 Å². The van der Waals surface area contributed by atoms with E-state index in [1.165, 1.54) is 5.56 Å². The van der Waals surface area contributed by atoms with E-state index in [0.717, 1.165) is 41.6 Å². The largest absolute Gasteiger partial charge is 0.396 e. The van der Waals surface area contributed by atoms with Crippen molar-refractivity contribution in [1.82, 2.24) is 14.8 Å². The van der Waals surface area contributed by atoms with Gasteiger partial charge >= 0.3 is 0 Å². The van der Waals surface area contributed by atoms with Gasteiger partial charge < -0.3 is 5.11 Å². The molecule has 0 aliphatic carbocycles. The van der Waals surface area contributed by atoms with Gasteiger partial charge in [-0.1, -0.05) is 69.3 Å². The lowest BCUT2D eigenvalue weighted by Gasteiger charge is -2.19. The van der Waals surface area contributed by atoms with Crippen LogP contribution in [0.1, 0.15) is 45.6 Å². The summed E-state index contributed by atoms with van der Waals surface area (Å²) < 4.78 is 2.12. The lowest BCUT2D eigenvalue weighted by molar-refractivity contribution is 0.284. The van der Waals surface area contributed by atoms with E-state index < -0.39 is 0 Å². The van der Waals surface area contributed by atoms with Gasteiger partial charge in [-0.25, -0.2) is 0 Å². The Morgan fingerprint density at radius 3 is 2.44 bits per heavy atom. The van der Waals surface area contributed by atoms with Gasteiger partial charge in [-0.15, -0.1) is 16.8 Å². The highest BCUT2D eigenvalue weighted by molar-refractivity contribution is 7.99. The molecule has 1 aromatic heterocycles. The molecule has 0 spiro atoms. The van der Waals surface area contributed by atoms with Crippen molar-refractivity contribution >= 4 is 11.8 Å². The summed E-state index contributed by atoms with van der Waals surface area (Å²) in [5.74, 6) is 1.87. The third kappa shape index (κ3) is 5.44. The first-order valence-corrected chi connectivity index (χ1v) is 9.84. The summed E-state index contributed by atoms with van der Waals surface area (Å²) in [6.45, 7) is 11.5. The van der Waals surface area contributed by atoms with Crippen LogP contribution in [0.2, 0.25) is 0 Å². The standard InChI is InChI=1S/C20H29N3OS/c1-5-13-23-18(16-9-11-17(12-10-16)20(2,3)4)21-22-19(23)25-15-8-6-7-14-24/h5,9-12,24H,1,6-8,13-15H2,2-4H3. The van der Waals surface area contributed by atoms with Gasteiger partial charge in [0.25, 0.3) is 0 Å². The minimum atomic E-state index is 0.142. The number of aliphatic hydroxyl groups excluding tert-OH is 1. The highest BCUT2D eigenvalue weighted by atomic mass is 32.2. The molecule has 0 unspecified atom stereocenters. The molecular formula is C20H29N3OS. The van der Waals surface area contributed by atoms with Crippen LogP contribution in [0.5, 0.6) is 0 Å². The summed E-state index contributed by atoms with van der Waals surface area (Å²) in [6.07, 6.45) is 4.86. The third-order valence-corrected chi connectivity index (χ3v) is 5.12. The second-order valence-electron chi connectivity index (χ2n) is 7.17.